The minimum absolute atomic E-state index is 0.000622. The number of benzene rings is 1. The molecule has 1 heterocycles. The summed E-state index contributed by atoms with van der Waals surface area (Å²) in [6.45, 7) is 0. The third kappa shape index (κ3) is 2.12. The Kier molecular flexibility index (Phi) is 2.75. The number of aromatic nitrogens is 1. The number of hydrogen-bond acceptors (Lipinski definition) is 2. The van der Waals surface area contributed by atoms with Gasteiger partial charge in [0.1, 0.15) is 11.3 Å². The smallest absolute Gasteiger partial charge is 0.221 e. The van der Waals surface area contributed by atoms with Crippen LogP contribution in [0.15, 0.2) is 24.4 Å². The van der Waals surface area contributed by atoms with Crippen LogP contribution in [-0.2, 0) is 11.2 Å². The third-order valence-electron chi connectivity index (χ3n) is 2.14. The zero-order valence-corrected chi connectivity index (χ0v) is 8.96. The molecule has 2 N–H and O–H groups in total. The van der Waals surface area contributed by atoms with Gasteiger partial charge in [-0.15, -0.1) is 0 Å². The quantitative estimate of drug-likeness (QED) is 0.871. The van der Waals surface area contributed by atoms with Gasteiger partial charge >= 0.3 is 0 Å². The molecule has 1 amide bonds. The number of amides is 1. The lowest BCUT2D eigenvalue weighted by Crippen LogP contribution is -2.13. The van der Waals surface area contributed by atoms with E-state index >= 15 is 0 Å². The van der Waals surface area contributed by atoms with Crippen LogP contribution in [0.4, 0.5) is 4.39 Å². The number of nitrogens with zero attached hydrogens (tertiary/aromatic N) is 1. The summed E-state index contributed by atoms with van der Waals surface area (Å²) in [6, 6.07) is 4.51. The minimum atomic E-state index is -0.506. The fourth-order valence-electron chi connectivity index (χ4n) is 1.54. The standard InChI is InChI=1S/C11H8ClFN2O/c12-8-4-7-1-6(3-10(14)16)2-9(13)11(7)15-5-8/h1-2,4-5H,3H2,(H2,14,16). The third-order valence-corrected chi connectivity index (χ3v) is 2.35. The highest BCUT2D eigenvalue weighted by Gasteiger charge is 2.07. The van der Waals surface area contributed by atoms with Gasteiger partial charge in [-0.05, 0) is 23.8 Å². The Bertz CT molecular complexity index is 571. The molecule has 16 heavy (non-hydrogen) atoms. The van der Waals surface area contributed by atoms with E-state index in [4.69, 9.17) is 17.3 Å². The summed E-state index contributed by atoms with van der Waals surface area (Å²) >= 11 is 5.75. The van der Waals surface area contributed by atoms with Gasteiger partial charge in [0.15, 0.2) is 0 Å². The Balaban J connectivity index is 2.60. The first-order valence-corrected chi connectivity index (χ1v) is 4.96. The maximum Gasteiger partial charge on any atom is 0.221 e. The van der Waals surface area contributed by atoms with Gasteiger partial charge in [0, 0.05) is 11.6 Å². The number of pyridine rings is 1. The summed E-state index contributed by atoms with van der Waals surface area (Å²) in [7, 11) is 0. The number of nitrogens with two attached hydrogens (primary N) is 1. The predicted molar refractivity (Wildman–Crippen MR) is 59.6 cm³/mol. The largest absolute Gasteiger partial charge is 0.369 e. The SMILES string of the molecule is NC(=O)Cc1cc(F)c2ncc(Cl)cc2c1. The van der Waals surface area contributed by atoms with Gasteiger partial charge in [-0.25, -0.2) is 4.39 Å². The minimum Gasteiger partial charge on any atom is -0.369 e. The first-order chi connectivity index (χ1) is 7.56. The van der Waals surface area contributed by atoms with E-state index in [2.05, 4.69) is 4.98 Å². The van der Waals surface area contributed by atoms with Crippen molar-refractivity contribution in [1.82, 2.24) is 4.98 Å². The Morgan fingerprint density at radius 2 is 2.19 bits per heavy atom. The van der Waals surface area contributed by atoms with E-state index in [9.17, 15) is 9.18 Å². The molecule has 0 aliphatic heterocycles. The van der Waals surface area contributed by atoms with Crippen molar-refractivity contribution in [2.45, 2.75) is 6.42 Å². The second-order valence-corrected chi connectivity index (χ2v) is 3.88. The van der Waals surface area contributed by atoms with Gasteiger partial charge in [0.25, 0.3) is 0 Å². The second kappa shape index (κ2) is 4.06. The molecule has 0 saturated carbocycles. The molecule has 0 atom stereocenters. The van der Waals surface area contributed by atoms with Crippen molar-refractivity contribution in [1.29, 1.82) is 0 Å². The average Bonchev–Trinajstić information content (AvgIpc) is 2.15. The number of rotatable bonds is 2. The molecule has 0 saturated heterocycles. The zero-order chi connectivity index (χ0) is 11.7. The summed E-state index contributed by atoms with van der Waals surface area (Å²) in [5.41, 5.74) is 5.79. The van der Waals surface area contributed by atoms with E-state index in [0.717, 1.165) is 0 Å². The molecule has 0 fully saturated rings. The molecule has 0 aliphatic rings. The molecular weight excluding hydrogens is 231 g/mol. The van der Waals surface area contributed by atoms with Crippen molar-refractivity contribution in [3.63, 3.8) is 0 Å². The van der Waals surface area contributed by atoms with Gasteiger partial charge < -0.3 is 5.73 Å². The molecule has 5 heteroatoms. The monoisotopic (exact) mass is 238 g/mol. The van der Waals surface area contributed by atoms with Crippen molar-refractivity contribution in [2.75, 3.05) is 0 Å². The van der Waals surface area contributed by atoms with Crippen LogP contribution in [0.3, 0.4) is 0 Å². The van der Waals surface area contributed by atoms with Crippen LogP contribution >= 0.6 is 11.6 Å². The van der Waals surface area contributed by atoms with E-state index in [1.54, 1.807) is 12.1 Å². The first kappa shape index (κ1) is 10.8. The molecule has 2 rings (SSSR count). The van der Waals surface area contributed by atoms with E-state index in [1.807, 2.05) is 0 Å². The molecule has 82 valence electrons. The molecule has 0 unspecified atom stereocenters. The highest BCUT2D eigenvalue weighted by molar-refractivity contribution is 6.31. The lowest BCUT2D eigenvalue weighted by atomic mass is 10.1. The number of halogens is 2. The van der Waals surface area contributed by atoms with Crippen molar-refractivity contribution in [3.8, 4) is 0 Å². The molecular formula is C11H8ClFN2O. The topological polar surface area (TPSA) is 56.0 Å². The summed E-state index contributed by atoms with van der Waals surface area (Å²) in [4.78, 5) is 14.6. The van der Waals surface area contributed by atoms with Gasteiger partial charge in [-0.1, -0.05) is 11.6 Å². The number of primary amides is 1. The van der Waals surface area contributed by atoms with E-state index in [1.165, 1.54) is 12.3 Å². The molecule has 0 radical (unpaired) electrons. The molecule has 1 aromatic heterocycles. The molecule has 3 nitrogen and oxygen atoms in total. The summed E-state index contributed by atoms with van der Waals surface area (Å²) in [6.07, 6.45) is 1.38. The highest BCUT2D eigenvalue weighted by atomic mass is 35.5. The Morgan fingerprint density at radius 1 is 1.44 bits per heavy atom. The molecule has 1 aromatic carbocycles. The molecule has 0 aliphatic carbocycles. The van der Waals surface area contributed by atoms with Crippen LogP contribution in [0.1, 0.15) is 5.56 Å². The second-order valence-electron chi connectivity index (χ2n) is 3.45. The average molecular weight is 239 g/mol. The summed E-state index contributed by atoms with van der Waals surface area (Å²) in [5.74, 6) is -0.987. The van der Waals surface area contributed by atoms with Crippen molar-refractivity contribution < 1.29 is 9.18 Å². The molecule has 0 spiro atoms. The Hall–Kier alpha value is -1.68. The van der Waals surface area contributed by atoms with E-state index < -0.39 is 11.7 Å². The van der Waals surface area contributed by atoms with Crippen LogP contribution < -0.4 is 5.73 Å². The van der Waals surface area contributed by atoms with Gasteiger partial charge in [-0.3, -0.25) is 9.78 Å². The van der Waals surface area contributed by atoms with E-state index in [0.29, 0.717) is 16.0 Å². The van der Waals surface area contributed by atoms with Gasteiger partial charge in [0.2, 0.25) is 5.91 Å². The predicted octanol–water partition coefficient (Wildman–Crippen LogP) is 2.06. The van der Waals surface area contributed by atoms with Crippen LogP contribution in [0.5, 0.6) is 0 Å². The highest BCUT2D eigenvalue weighted by Crippen LogP contribution is 2.21. The number of carbonyl (C=O) groups is 1. The van der Waals surface area contributed by atoms with Crippen LogP contribution in [0.2, 0.25) is 5.02 Å². The normalized spacial score (nSPS) is 10.6. The summed E-state index contributed by atoms with van der Waals surface area (Å²) in [5, 5.41) is 0.979. The van der Waals surface area contributed by atoms with Crippen molar-refractivity contribution in [2.24, 2.45) is 5.73 Å². The van der Waals surface area contributed by atoms with E-state index in [-0.39, 0.29) is 11.9 Å². The lowest BCUT2D eigenvalue weighted by Gasteiger charge is -2.03. The molecule has 2 aromatic rings. The lowest BCUT2D eigenvalue weighted by molar-refractivity contribution is -0.117. The number of fused-ring (bicyclic) bond motifs is 1. The number of carbonyl (C=O) groups excluding carboxylic acids is 1. The van der Waals surface area contributed by atoms with Gasteiger partial charge in [0.05, 0.1) is 11.4 Å². The fraction of sp³-hybridized carbons (Fsp3) is 0.0909. The fourth-order valence-corrected chi connectivity index (χ4v) is 1.71. The molecule has 0 bridgehead atoms. The van der Waals surface area contributed by atoms with Crippen molar-refractivity contribution in [3.05, 3.63) is 40.8 Å². The van der Waals surface area contributed by atoms with Gasteiger partial charge in [-0.2, -0.15) is 0 Å². The Labute approximate surface area is 96.0 Å². The maximum atomic E-state index is 13.6. The maximum absolute atomic E-state index is 13.6. The zero-order valence-electron chi connectivity index (χ0n) is 8.21. The van der Waals surface area contributed by atoms with Crippen LogP contribution in [0.25, 0.3) is 10.9 Å². The van der Waals surface area contributed by atoms with Crippen molar-refractivity contribution >= 4 is 28.4 Å². The first-order valence-electron chi connectivity index (χ1n) is 4.58. The van der Waals surface area contributed by atoms with Crippen LogP contribution in [-0.4, -0.2) is 10.9 Å². The van der Waals surface area contributed by atoms with Crippen LogP contribution in [0, 0.1) is 5.82 Å². The Morgan fingerprint density at radius 3 is 2.88 bits per heavy atom. The summed E-state index contributed by atoms with van der Waals surface area (Å²) < 4.78 is 13.6. The number of hydrogen-bond donors (Lipinski definition) is 1.